The van der Waals surface area contributed by atoms with Crippen LogP contribution in [0.4, 0.5) is 15.6 Å². The lowest BCUT2D eigenvalue weighted by molar-refractivity contribution is 0.262. The van der Waals surface area contributed by atoms with E-state index in [-0.39, 0.29) is 6.03 Å². The van der Waals surface area contributed by atoms with Gasteiger partial charge in [-0.05, 0) is 68.1 Å². The van der Waals surface area contributed by atoms with E-state index in [0.717, 1.165) is 27.0 Å². The van der Waals surface area contributed by atoms with Crippen molar-refractivity contribution in [3.05, 3.63) is 52.6 Å². The summed E-state index contributed by atoms with van der Waals surface area (Å²) in [5.41, 5.74) is 6.44. The van der Waals surface area contributed by atoms with Crippen LogP contribution < -0.4 is 10.6 Å². The van der Waals surface area contributed by atoms with E-state index in [9.17, 15) is 4.79 Å². The molecule has 0 bridgehead atoms. The maximum absolute atomic E-state index is 12.2. The van der Waals surface area contributed by atoms with Crippen LogP contribution in [0.5, 0.6) is 0 Å². The van der Waals surface area contributed by atoms with Gasteiger partial charge in [-0.2, -0.15) is 0 Å². The molecule has 2 N–H and O–H groups in total. The zero-order valence-electron chi connectivity index (χ0n) is 13.7. The molecule has 0 spiro atoms. The number of fused-ring (bicyclic) bond motifs is 1. The van der Waals surface area contributed by atoms with Crippen LogP contribution in [-0.4, -0.2) is 11.0 Å². The van der Waals surface area contributed by atoms with Crippen molar-refractivity contribution in [1.82, 2.24) is 4.98 Å². The van der Waals surface area contributed by atoms with E-state index in [1.165, 1.54) is 22.5 Å². The number of aryl methyl sites for hydroxylation is 4. The first-order valence-electron chi connectivity index (χ1n) is 7.46. The quantitative estimate of drug-likeness (QED) is 0.682. The SMILES string of the molecule is Cc1ccc(NC(=O)Nc2nc3c(C)c(C)ccc3s2)cc1C. The first kappa shape index (κ1) is 15.5. The number of anilines is 2. The fourth-order valence-electron chi connectivity index (χ4n) is 2.36. The van der Waals surface area contributed by atoms with Gasteiger partial charge in [0.2, 0.25) is 0 Å². The second-order valence-corrected chi connectivity index (χ2v) is 6.78. The Morgan fingerprint density at radius 2 is 1.70 bits per heavy atom. The molecule has 23 heavy (non-hydrogen) atoms. The number of carbonyl (C=O) groups is 1. The van der Waals surface area contributed by atoms with Crippen LogP contribution in [0.3, 0.4) is 0 Å². The zero-order chi connectivity index (χ0) is 16.6. The van der Waals surface area contributed by atoms with E-state index in [1.807, 2.05) is 38.1 Å². The highest BCUT2D eigenvalue weighted by Crippen LogP contribution is 2.29. The molecule has 0 unspecified atom stereocenters. The summed E-state index contributed by atoms with van der Waals surface area (Å²) >= 11 is 1.48. The van der Waals surface area contributed by atoms with Crippen LogP contribution in [0.2, 0.25) is 0 Å². The van der Waals surface area contributed by atoms with Crippen LogP contribution >= 0.6 is 11.3 Å². The molecule has 2 aromatic carbocycles. The molecule has 0 aliphatic heterocycles. The summed E-state index contributed by atoms with van der Waals surface area (Å²) in [6.45, 7) is 8.19. The van der Waals surface area contributed by atoms with Gasteiger partial charge >= 0.3 is 6.03 Å². The Morgan fingerprint density at radius 1 is 0.957 bits per heavy atom. The van der Waals surface area contributed by atoms with Gasteiger partial charge in [0.1, 0.15) is 0 Å². The Morgan fingerprint density at radius 3 is 2.43 bits per heavy atom. The van der Waals surface area contributed by atoms with Crippen molar-refractivity contribution < 1.29 is 4.79 Å². The van der Waals surface area contributed by atoms with E-state index in [0.29, 0.717) is 5.13 Å². The highest BCUT2D eigenvalue weighted by molar-refractivity contribution is 7.22. The molecule has 0 saturated heterocycles. The average molecular weight is 325 g/mol. The predicted octanol–water partition coefficient (Wildman–Crippen LogP) is 5.17. The third-order valence-corrected chi connectivity index (χ3v) is 5.01. The number of benzene rings is 2. The van der Waals surface area contributed by atoms with Gasteiger partial charge in [0.05, 0.1) is 10.2 Å². The Hall–Kier alpha value is -2.40. The molecule has 0 aliphatic carbocycles. The molecule has 0 fully saturated rings. The summed E-state index contributed by atoms with van der Waals surface area (Å²) in [5, 5.41) is 6.27. The molecule has 0 aliphatic rings. The Balaban J connectivity index is 1.77. The van der Waals surface area contributed by atoms with Crippen LogP contribution in [0.25, 0.3) is 10.2 Å². The molecule has 0 atom stereocenters. The van der Waals surface area contributed by atoms with Crippen LogP contribution in [0.15, 0.2) is 30.3 Å². The van der Waals surface area contributed by atoms with E-state index < -0.39 is 0 Å². The van der Waals surface area contributed by atoms with Crippen molar-refractivity contribution in [2.24, 2.45) is 0 Å². The lowest BCUT2D eigenvalue weighted by atomic mass is 10.1. The molecule has 3 aromatic rings. The fraction of sp³-hybridized carbons (Fsp3) is 0.222. The number of hydrogen-bond acceptors (Lipinski definition) is 3. The van der Waals surface area contributed by atoms with E-state index in [1.54, 1.807) is 0 Å². The summed E-state index contributed by atoms with van der Waals surface area (Å²) in [6, 6.07) is 9.70. The number of rotatable bonds is 2. The zero-order valence-corrected chi connectivity index (χ0v) is 14.5. The van der Waals surface area contributed by atoms with Crippen LogP contribution in [0, 0.1) is 27.7 Å². The second kappa shape index (κ2) is 6.01. The molecule has 118 valence electrons. The predicted molar refractivity (Wildman–Crippen MR) is 97.7 cm³/mol. The van der Waals surface area contributed by atoms with Gasteiger partial charge in [-0.25, -0.2) is 9.78 Å². The topological polar surface area (TPSA) is 54.0 Å². The molecule has 0 saturated carbocycles. The van der Waals surface area contributed by atoms with Crippen molar-refractivity contribution in [1.29, 1.82) is 0 Å². The lowest BCUT2D eigenvalue weighted by Gasteiger charge is -2.07. The summed E-state index contributed by atoms with van der Waals surface area (Å²) in [4.78, 5) is 16.7. The molecule has 4 nitrogen and oxygen atoms in total. The highest BCUT2D eigenvalue weighted by Gasteiger charge is 2.10. The van der Waals surface area contributed by atoms with Crippen molar-refractivity contribution in [2.75, 3.05) is 10.6 Å². The fourth-order valence-corrected chi connectivity index (χ4v) is 3.28. The average Bonchev–Trinajstić information content (AvgIpc) is 2.90. The summed E-state index contributed by atoms with van der Waals surface area (Å²) in [6.07, 6.45) is 0. The number of nitrogens with zero attached hydrogens (tertiary/aromatic N) is 1. The van der Waals surface area contributed by atoms with Gasteiger partial charge in [0, 0.05) is 5.69 Å². The monoisotopic (exact) mass is 325 g/mol. The summed E-state index contributed by atoms with van der Waals surface area (Å²) < 4.78 is 1.08. The van der Waals surface area contributed by atoms with Gasteiger partial charge in [-0.1, -0.05) is 23.5 Å². The minimum absolute atomic E-state index is 0.276. The highest BCUT2D eigenvalue weighted by atomic mass is 32.1. The number of hydrogen-bond donors (Lipinski definition) is 2. The molecule has 3 rings (SSSR count). The maximum atomic E-state index is 12.2. The molecule has 0 radical (unpaired) electrons. The number of carbonyl (C=O) groups excluding carboxylic acids is 1. The molecular weight excluding hydrogens is 306 g/mol. The number of nitrogens with one attached hydrogen (secondary N) is 2. The number of aromatic nitrogens is 1. The third kappa shape index (κ3) is 3.19. The van der Waals surface area contributed by atoms with Crippen molar-refractivity contribution in [3.8, 4) is 0 Å². The maximum Gasteiger partial charge on any atom is 0.325 e. The van der Waals surface area contributed by atoms with Crippen molar-refractivity contribution in [3.63, 3.8) is 0 Å². The molecular formula is C18H19N3OS. The van der Waals surface area contributed by atoms with Gasteiger partial charge in [-0.3, -0.25) is 5.32 Å². The minimum Gasteiger partial charge on any atom is -0.308 e. The smallest absolute Gasteiger partial charge is 0.308 e. The Kier molecular flexibility index (Phi) is 4.05. The summed E-state index contributed by atoms with van der Waals surface area (Å²) in [5.74, 6) is 0. The first-order valence-corrected chi connectivity index (χ1v) is 8.27. The lowest BCUT2D eigenvalue weighted by Crippen LogP contribution is -2.19. The molecule has 2 amide bonds. The van der Waals surface area contributed by atoms with Gasteiger partial charge in [0.15, 0.2) is 5.13 Å². The molecule has 5 heteroatoms. The number of urea groups is 1. The van der Waals surface area contributed by atoms with Gasteiger partial charge in [-0.15, -0.1) is 0 Å². The Bertz CT molecular complexity index is 899. The molecule has 1 aromatic heterocycles. The standard InChI is InChI=1S/C18H19N3OS/c1-10-5-7-14(9-12(10)3)19-17(22)21-18-20-16-13(4)11(2)6-8-15(16)23-18/h5-9H,1-4H3,(H2,19,20,21,22). The number of amides is 2. The van der Waals surface area contributed by atoms with Crippen molar-refractivity contribution >= 4 is 38.4 Å². The second-order valence-electron chi connectivity index (χ2n) is 5.75. The Labute approximate surface area is 139 Å². The molecule has 1 heterocycles. The van der Waals surface area contributed by atoms with Crippen LogP contribution in [-0.2, 0) is 0 Å². The minimum atomic E-state index is -0.276. The van der Waals surface area contributed by atoms with E-state index >= 15 is 0 Å². The largest absolute Gasteiger partial charge is 0.325 e. The third-order valence-electron chi connectivity index (χ3n) is 4.07. The van der Waals surface area contributed by atoms with Gasteiger partial charge < -0.3 is 5.32 Å². The van der Waals surface area contributed by atoms with Gasteiger partial charge in [0.25, 0.3) is 0 Å². The van der Waals surface area contributed by atoms with Crippen molar-refractivity contribution in [2.45, 2.75) is 27.7 Å². The van der Waals surface area contributed by atoms with E-state index in [4.69, 9.17) is 0 Å². The number of thiazole rings is 1. The van der Waals surface area contributed by atoms with Crippen LogP contribution in [0.1, 0.15) is 22.3 Å². The summed E-state index contributed by atoms with van der Waals surface area (Å²) in [7, 11) is 0. The van der Waals surface area contributed by atoms with E-state index in [2.05, 4.69) is 35.5 Å². The first-order chi connectivity index (χ1) is 10.9. The normalized spacial score (nSPS) is 10.8.